The van der Waals surface area contributed by atoms with E-state index >= 15 is 0 Å². The number of esters is 1. The third-order valence-corrected chi connectivity index (χ3v) is 6.18. The number of para-hydroxylation sites is 1. The van der Waals surface area contributed by atoms with Crippen LogP contribution in [0.25, 0.3) is 10.9 Å². The zero-order chi connectivity index (χ0) is 25.7. The molecule has 4 aromatic rings. The molecule has 0 saturated carbocycles. The summed E-state index contributed by atoms with van der Waals surface area (Å²) in [6.45, 7) is 8.07. The topological polar surface area (TPSA) is 68.3 Å². The summed E-state index contributed by atoms with van der Waals surface area (Å²) in [7, 11) is 0. The van der Waals surface area contributed by atoms with Gasteiger partial charge in [0.15, 0.2) is 0 Å². The molecular weight excluding hydrogens is 448 g/mol. The van der Waals surface area contributed by atoms with Crippen molar-refractivity contribution in [3.8, 4) is 0 Å². The van der Waals surface area contributed by atoms with Crippen LogP contribution in [0, 0.1) is 13.8 Å². The summed E-state index contributed by atoms with van der Waals surface area (Å²) in [5, 5.41) is 3.68. The highest BCUT2D eigenvalue weighted by Gasteiger charge is 2.29. The maximum absolute atomic E-state index is 13.8. The van der Waals surface area contributed by atoms with Gasteiger partial charge in [-0.25, -0.2) is 4.79 Å². The van der Waals surface area contributed by atoms with Crippen molar-refractivity contribution in [2.45, 2.75) is 53.1 Å². The summed E-state index contributed by atoms with van der Waals surface area (Å²) in [6, 6.07) is 22.6. The van der Waals surface area contributed by atoms with Crippen LogP contribution in [0.2, 0.25) is 0 Å². The number of amides is 1. The van der Waals surface area contributed by atoms with E-state index in [9.17, 15) is 9.59 Å². The van der Waals surface area contributed by atoms with E-state index in [1.165, 1.54) is 0 Å². The monoisotopic (exact) mass is 480 g/mol. The number of nitrogens with one attached hydrogen (secondary N) is 1. The summed E-state index contributed by atoms with van der Waals surface area (Å²) in [5.41, 5.74) is 6.38. The molecule has 1 aromatic heterocycles. The number of carbonyl (C=O) groups excluding carboxylic acids is 2. The van der Waals surface area contributed by atoms with Crippen molar-refractivity contribution in [1.29, 1.82) is 0 Å². The molecule has 5 heteroatoms. The first-order chi connectivity index (χ1) is 17.4. The maximum Gasteiger partial charge on any atom is 0.340 e. The molecule has 5 nitrogen and oxygen atoms in total. The summed E-state index contributed by atoms with van der Waals surface area (Å²) >= 11 is 0. The lowest BCUT2D eigenvalue weighted by Crippen LogP contribution is -2.26. The Hall–Kier alpha value is -3.99. The molecule has 0 aliphatic rings. The molecule has 0 fully saturated rings. The van der Waals surface area contributed by atoms with Crippen LogP contribution in [0.4, 0.5) is 5.69 Å². The number of anilines is 1. The quantitative estimate of drug-likeness (QED) is 0.278. The van der Waals surface area contributed by atoms with Crippen LogP contribution >= 0.6 is 0 Å². The lowest BCUT2D eigenvalue weighted by atomic mass is 9.96. The summed E-state index contributed by atoms with van der Waals surface area (Å²) in [5.74, 6) is -0.919. The van der Waals surface area contributed by atoms with Crippen molar-refractivity contribution < 1.29 is 14.3 Å². The number of benzene rings is 3. The fraction of sp³-hybridized carbons (Fsp3) is 0.258. The van der Waals surface area contributed by atoms with Gasteiger partial charge >= 0.3 is 5.97 Å². The Kier molecular flexibility index (Phi) is 7.79. The van der Waals surface area contributed by atoms with E-state index in [1.807, 2.05) is 81.4 Å². The van der Waals surface area contributed by atoms with E-state index in [0.29, 0.717) is 23.2 Å². The van der Waals surface area contributed by atoms with Crippen LogP contribution in [-0.2, 0) is 22.4 Å². The highest BCUT2D eigenvalue weighted by molar-refractivity contribution is 6.06. The molecule has 1 heterocycles. The Balaban J connectivity index is 1.75. The zero-order valence-corrected chi connectivity index (χ0v) is 21.3. The average molecular weight is 481 g/mol. The first kappa shape index (κ1) is 25.1. The normalized spacial score (nSPS) is 11.8. The third kappa shape index (κ3) is 5.46. The van der Waals surface area contributed by atoms with Gasteiger partial charge in [-0.3, -0.25) is 9.78 Å². The van der Waals surface area contributed by atoms with E-state index in [4.69, 9.17) is 9.72 Å². The van der Waals surface area contributed by atoms with E-state index in [0.717, 1.165) is 46.1 Å². The summed E-state index contributed by atoms with van der Waals surface area (Å²) in [4.78, 5) is 32.1. The molecule has 0 aliphatic carbocycles. The molecule has 184 valence electrons. The van der Waals surface area contributed by atoms with Crippen LogP contribution < -0.4 is 5.32 Å². The number of rotatable bonds is 8. The SMILES string of the molecule is CCCc1nc2ccccc2c(C(=O)OC(C(=O)Nc2cc(C)cc(C)c2)c2ccccc2)c1CC. The van der Waals surface area contributed by atoms with Crippen LogP contribution in [0.3, 0.4) is 0 Å². The van der Waals surface area contributed by atoms with Gasteiger partial charge in [0.1, 0.15) is 0 Å². The fourth-order valence-electron chi connectivity index (χ4n) is 4.68. The van der Waals surface area contributed by atoms with Gasteiger partial charge in [-0.15, -0.1) is 0 Å². The first-order valence-electron chi connectivity index (χ1n) is 12.5. The molecule has 4 rings (SSSR count). The second-order valence-electron chi connectivity index (χ2n) is 9.09. The molecule has 1 amide bonds. The Morgan fingerprint density at radius 1 is 0.917 bits per heavy atom. The van der Waals surface area contributed by atoms with E-state index in [-0.39, 0.29) is 0 Å². The lowest BCUT2D eigenvalue weighted by Gasteiger charge is -2.21. The summed E-state index contributed by atoms with van der Waals surface area (Å²) < 4.78 is 6.02. The number of aromatic nitrogens is 1. The smallest absolute Gasteiger partial charge is 0.340 e. The third-order valence-electron chi connectivity index (χ3n) is 6.18. The Bertz CT molecular complexity index is 1380. The highest BCUT2D eigenvalue weighted by Crippen LogP contribution is 2.29. The average Bonchev–Trinajstić information content (AvgIpc) is 2.86. The number of hydrogen-bond acceptors (Lipinski definition) is 4. The van der Waals surface area contributed by atoms with Gasteiger partial charge in [-0.05, 0) is 61.6 Å². The lowest BCUT2D eigenvalue weighted by molar-refractivity contribution is -0.125. The molecule has 1 unspecified atom stereocenters. The number of nitrogens with zero attached hydrogens (tertiary/aromatic N) is 1. The van der Waals surface area contributed by atoms with Crippen molar-refractivity contribution in [3.05, 3.63) is 106 Å². The van der Waals surface area contributed by atoms with Crippen LogP contribution in [-0.4, -0.2) is 16.9 Å². The minimum absolute atomic E-state index is 0.398. The van der Waals surface area contributed by atoms with Crippen molar-refractivity contribution in [2.24, 2.45) is 0 Å². The Labute approximate surface area is 212 Å². The van der Waals surface area contributed by atoms with E-state index in [1.54, 1.807) is 12.1 Å². The predicted octanol–water partition coefficient (Wildman–Crippen LogP) is 6.90. The van der Waals surface area contributed by atoms with Gasteiger partial charge in [-0.1, -0.05) is 74.9 Å². The molecule has 36 heavy (non-hydrogen) atoms. The van der Waals surface area contributed by atoms with Crippen LogP contribution in [0.5, 0.6) is 0 Å². The largest absolute Gasteiger partial charge is 0.444 e. The molecule has 0 aliphatic heterocycles. The fourth-order valence-corrected chi connectivity index (χ4v) is 4.68. The van der Waals surface area contributed by atoms with Gasteiger partial charge in [0.25, 0.3) is 5.91 Å². The van der Waals surface area contributed by atoms with Gasteiger partial charge in [0, 0.05) is 22.3 Å². The van der Waals surface area contributed by atoms with E-state index in [2.05, 4.69) is 12.2 Å². The number of ether oxygens (including phenoxy) is 1. The second kappa shape index (κ2) is 11.2. The standard InChI is InChI=1S/C31H32N2O3/c1-5-12-26-24(6-2)28(25-15-10-11-16-27(25)33-26)31(35)36-29(22-13-8-7-9-14-22)30(34)32-23-18-20(3)17-21(4)19-23/h7-11,13-19,29H,5-6,12H2,1-4H3,(H,32,34). The molecule has 0 spiro atoms. The number of hydrogen-bond donors (Lipinski definition) is 1. The minimum atomic E-state index is -1.11. The van der Waals surface area contributed by atoms with Crippen molar-refractivity contribution in [1.82, 2.24) is 4.98 Å². The van der Waals surface area contributed by atoms with Crippen molar-refractivity contribution >= 4 is 28.5 Å². The molecule has 0 saturated heterocycles. The zero-order valence-electron chi connectivity index (χ0n) is 21.3. The maximum atomic E-state index is 13.8. The molecule has 0 radical (unpaired) electrons. The highest BCUT2D eigenvalue weighted by atomic mass is 16.5. The van der Waals surface area contributed by atoms with Crippen molar-refractivity contribution in [2.75, 3.05) is 5.32 Å². The first-order valence-corrected chi connectivity index (χ1v) is 12.5. The minimum Gasteiger partial charge on any atom is -0.444 e. The number of aryl methyl sites for hydroxylation is 3. The van der Waals surface area contributed by atoms with Gasteiger partial charge in [-0.2, -0.15) is 0 Å². The van der Waals surface area contributed by atoms with Crippen molar-refractivity contribution in [3.63, 3.8) is 0 Å². The van der Waals surface area contributed by atoms with Gasteiger partial charge in [0.2, 0.25) is 6.10 Å². The Morgan fingerprint density at radius 3 is 2.25 bits per heavy atom. The Morgan fingerprint density at radius 2 is 1.58 bits per heavy atom. The van der Waals surface area contributed by atoms with Gasteiger partial charge in [0.05, 0.1) is 11.1 Å². The number of pyridine rings is 1. The molecular formula is C31H32N2O3. The molecule has 1 N–H and O–H groups in total. The number of carbonyl (C=O) groups is 2. The van der Waals surface area contributed by atoms with Crippen LogP contribution in [0.15, 0.2) is 72.8 Å². The van der Waals surface area contributed by atoms with E-state index < -0.39 is 18.0 Å². The second-order valence-corrected chi connectivity index (χ2v) is 9.09. The van der Waals surface area contributed by atoms with Crippen LogP contribution in [0.1, 0.15) is 64.7 Å². The van der Waals surface area contributed by atoms with Gasteiger partial charge < -0.3 is 10.1 Å². The number of fused-ring (bicyclic) bond motifs is 1. The molecule has 3 aromatic carbocycles. The molecule has 1 atom stereocenters. The predicted molar refractivity (Wildman–Crippen MR) is 144 cm³/mol. The molecule has 0 bridgehead atoms. The summed E-state index contributed by atoms with van der Waals surface area (Å²) in [6.07, 6.45) is 1.22.